The lowest BCUT2D eigenvalue weighted by Gasteiger charge is -2.20. The third kappa shape index (κ3) is 6.83. The fourth-order valence-corrected chi connectivity index (χ4v) is 2.85. The number of hydrogen-bond donors (Lipinski definition) is 2. The number of aromatic nitrogens is 2. The molecule has 1 aliphatic heterocycles. The quantitative estimate of drug-likeness (QED) is 0.381. The molecule has 0 spiro atoms. The number of hydrogen-bond acceptors (Lipinski definition) is 3. The molecule has 1 atom stereocenters. The Morgan fingerprint density at radius 2 is 2.24 bits per heavy atom. The summed E-state index contributed by atoms with van der Waals surface area (Å²) in [5.41, 5.74) is 1.19. The average Bonchev–Trinajstić information content (AvgIpc) is 3.16. The maximum Gasteiger partial charge on any atom is 0.225 e. The van der Waals surface area contributed by atoms with Crippen molar-refractivity contribution in [3.63, 3.8) is 0 Å². The summed E-state index contributed by atoms with van der Waals surface area (Å²) < 4.78 is 1.81. The predicted octanol–water partition coefficient (Wildman–Crippen LogP) is 1.39. The highest BCUT2D eigenvalue weighted by molar-refractivity contribution is 14.0. The molecule has 2 rings (SSSR count). The Morgan fingerprint density at radius 3 is 2.84 bits per heavy atom. The molecule has 2 heterocycles. The first-order chi connectivity index (χ1) is 11.5. The zero-order valence-corrected chi connectivity index (χ0v) is 18.0. The Kier molecular flexibility index (Phi) is 9.23. The lowest BCUT2D eigenvalue weighted by molar-refractivity contribution is -0.133. The Bertz CT molecular complexity index is 571. The van der Waals surface area contributed by atoms with Crippen LogP contribution in [0.2, 0.25) is 0 Å². The Balaban J connectivity index is 0.00000312. The zero-order valence-electron chi connectivity index (χ0n) is 15.7. The van der Waals surface area contributed by atoms with Crippen LogP contribution < -0.4 is 10.6 Å². The normalized spacial score (nSPS) is 17.6. The van der Waals surface area contributed by atoms with E-state index in [1.165, 1.54) is 5.56 Å². The molecular weight excluding hydrogens is 431 g/mol. The van der Waals surface area contributed by atoms with Gasteiger partial charge >= 0.3 is 0 Å². The number of carbonyl (C=O) groups excluding carboxylic acids is 1. The molecule has 0 aliphatic carbocycles. The topological polar surface area (TPSA) is 74.6 Å². The molecule has 2 N–H and O–H groups in total. The second-order valence-corrected chi connectivity index (χ2v) is 6.60. The first kappa shape index (κ1) is 21.7. The summed E-state index contributed by atoms with van der Waals surface area (Å²) >= 11 is 0. The minimum atomic E-state index is 0. The second kappa shape index (κ2) is 10.6. The molecule has 7 nitrogen and oxygen atoms in total. The van der Waals surface area contributed by atoms with E-state index >= 15 is 0 Å². The highest BCUT2D eigenvalue weighted by atomic mass is 127. The number of likely N-dealkylation sites (tertiary alicyclic amines) is 1. The van der Waals surface area contributed by atoms with Gasteiger partial charge in [-0.15, -0.1) is 24.0 Å². The molecule has 0 radical (unpaired) electrons. The molecule has 142 valence electrons. The van der Waals surface area contributed by atoms with Crippen molar-refractivity contribution in [2.75, 3.05) is 26.2 Å². The molecule has 1 unspecified atom stereocenters. The van der Waals surface area contributed by atoms with Gasteiger partial charge in [0.15, 0.2) is 5.96 Å². The first-order valence-electron chi connectivity index (χ1n) is 8.80. The van der Waals surface area contributed by atoms with E-state index in [2.05, 4.69) is 27.6 Å². The highest BCUT2D eigenvalue weighted by Crippen LogP contribution is 2.12. The van der Waals surface area contributed by atoms with Gasteiger partial charge in [0.25, 0.3) is 0 Å². The summed E-state index contributed by atoms with van der Waals surface area (Å²) in [6.07, 6.45) is 5.73. The Morgan fingerprint density at radius 1 is 1.48 bits per heavy atom. The average molecular weight is 462 g/mol. The third-order valence-corrected chi connectivity index (χ3v) is 4.11. The van der Waals surface area contributed by atoms with Crippen LogP contribution in [-0.2, 0) is 18.3 Å². The molecule has 8 heteroatoms. The molecule has 1 amide bonds. The van der Waals surface area contributed by atoms with E-state index in [9.17, 15) is 4.79 Å². The molecule has 1 saturated heterocycles. The summed E-state index contributed by atoms with van der Waals surface area (Å²) in [6.45, 7) is 9.07. The van der Waals surface area contributed by atoms with Crippen molar-refractivity contribution in [1.82, 2.24) is 25.3 Å². The van der Waals surface area contributed by atoms with Crippen molar-refractivity contribution in [2.24, 2.45) is 18.0 Å². The fraction of sp³-hybridized carbons (Fsp3) is 0.706. The molecular formula is C17H31IN6O. The van der Waals surface area contributed by atoms with Crippen LogP contribution in [-0.4, -0.2) is 58.8 Å². The molecule has 1 aromatic rings. The van der Waals surface area contributed by atoms with Gasteiger partial charge in [-0.2, -0.15) is 5.10 Å². The number of aliphatic imine (C=N–C) groups is 1. The van der Waals surface area contributed by atoms with Crippen LogP contribution in [0.15, 0.2) is 17.4 Å². The fourth-order valence-electron chi connectivity index (χ4n) is 2.85. The lowest BCUT2D eigenvalue weighted by atomic mass is 10.2. The first-order valence-corrected chi connectivity index (χ1v) is 8.80. The van der Waals surface area contributed by atoms with Gasteiger partial charge in [0.05, 0.1) is 6.20 Å². The van der Waals surface area contributed by atoms with E-state index in [4.69, 9.17) is 0 Å². The monoisotopic (exact) mass is 462 g/mol. The van der Waals surface area contributed by atoms with Crippen LogP contribution in [0.3, 0.4) is 0 Å². The van der Waals surface area contributed by atoms with Crippen LogP contribution in [0.4, 0.5) is 0 Å². The smallest absolute Gasteiger partial charge is 0.225 e. The number of halogens is 1. The molecule has 1 fully saturated rings. The number of aryl methyl sites for hydroxylation is 1. The maximum atomic E-state index is 12.1. The summed E-state index contributed by atoms with van der Waals surface area (Å²) in [5, 5.41) is 10.9. The van der Waals surface area contributed by atoms with E-state index in [1.807, 2.05) is 38.2 Å². The van der Waals surface area contributed by atoms with Crippen LogP contribution >= 0.6 is 24.0 Å². The highest BCUT2D eigenvalue weighted by Gasteiger charge is 2.27. The summed E-state index contributed by atoms with van der Waals surface area (Å²) in [7, 11) is 1.92. The van der Waals surface area contributed by atoms with E-state index < -0.39 is 0 Å². The van der Waals surface area contributed by atoms with Gasteiger partial charge in [-0.3, -0.25) is 14.5 Å². The summed E-state index contributed by atoms with van der Waals surface area (Å²) in [4.78, 5) is 18.7. The van der Waals surface area contributed by atoms with Crippen LogP contribution in [0, 0.1) is 5.92 Å². The van der Waals surface area contributed by atoms with Gasteiger partial charge in [0.2, 0.25) is 5.91 Å². The van der Waals surface area contributed by atoms with Gasteiger partial charge in [0.1, 0.15) is 0 Å². The number of nitrogens with zero attached hydrogens (tertiary/aromatic N) is 4. The minimum Gasteiger partial charge on any atom is -0.357 e. The van der Waals surface area contributed by atoms with Gasteiger partial charge < -0.3 is 15.5 Å². The van der Waals surface area contributed by atoms with E-state index in [1.54, 1.807) is 4.68 Å². The Labute approximate surface area is 167 Å². The lowest BCUT2D eigenvalue weighted by Crippen LogP contribution is -2.45. The van der Waals surface area contributed by atoms with Crippen LogP contribution in [0.1, 0.15) is 32.8 Å². The largest absolute Gasteiger partial charge is 0.357 e. The van der Waals surface area contributed by atoms with Crippen LogP contribution in [0.25, 0.3) is 0 Å². The standard InChI is InChI=1S/C17H30N6O.HI/c1-5-18-17(19-8-6-14-10-20-22(4)11-14)21-15-7-9-23(12-15)16(24)13(2)3;/h10-11,13,15H,5-9,12H2,1-4H3,(H2,18,19,21);1H. The molecule has 25 heavy (non-hydrogen) atoms. The number of guanidine groups is 1. The maximum absolute atomic E-state index is 12.1. The predicted molar refractivity (Wildman–Crippen MR) is 111 cm³/mol. The van der Waals surface area contributed by atoms with Crippen molar-refractivity contribution in [3.05, 3.63) is 18.0 Å². The van der Waals surface area contributed by atoms with Crippen molar-refractivity contribution in [3.8, 4) is 0 Å². The zero-order chi connectivity index (χ0) is 17.5. The van der Waals surface area contributed by atoms with Crippen LogP contribution in [0.5, 0.6) is 0 Å². The van der Waals surface area contributed by atoms with E-state index in [0.29, 0.717) is 6.54 Å². The molecule has 0 aromatic carbocycles. The van der Waals surface area contributed by atoms with Crippen molar-refractivity contribution < 1.29 is 4.79 Å². The summed E-state index contributed by atoms with van der Waals surface area (Å²) in [5.74, 6) is 1.12. The molecule has 0 bridgehead atoms. The second-order valence-electron chi connectivity index (χ2n) is 6.60. The molecule has 0 saturated carbocycles. The van der Waals surface area contributed by atoms with Gasteiger partial charge in [-0.05, 0) is 25.3 Å². The minimum absolute atomic E-state index is 0. The SMILES string of the molecule is CCNC(=NCCc1cnn(C)c1)NC1CCN(C(=O)C(C)C)C1.I. The van der Waals surface area contributed by atoms with Gasteiger partial charge in [0, 0.05) is 51.4 Å². The Hall–Kier alpha value is -1.32. The van der Waals surface area contributed by atoms with Gasteiger partial charge in [-0.25, -0.2) is 0 Å². The van der Waals surface area contributed by atoms with Crippen molar-refractivity contribution in [2.45, 2.75) is 39.7 Å². The van der Waals surface area contributed by atoms with Gasteiger partial charge in [-0.1, -0.05) is 13.8 Å². The molecule has 1 aliphatic rings. The third-order valence-electron chi connectivity index (χ3n) is 4.11. The van der Waals surface area contributed by atoms with Crippen molar-refractivity contribution in [1.29, 1.82) is 0 Å². The van der Waals surface area contributed by atoms with E-state index in [0.717, 1.165) is 38.4 Å². The summed E-state index contributed by atoms with van der Waals surface area (Å²) in [6, 6.07) is 0.267. The number of amides is 1. The van der Waals surface area contributed by atoms with Crippen molar-refractivity contribution >= 4 is 35.8 Å². The number of rotatable bonds is 6. The van der Waals surface area contributed by atoms with E-state index in [-0.39, 0.29) is 41.8 Å². The molecule has 1 aromatic heterocycles. The number of carbonyl (C=O) groups is 1. The number of nitrogens with one attached hydrogen (secondary N) is 2.